The summed E-state index contributed by atoms with van der Waals surface area (Å²) in [6, 6.07) is 12.8. The van der Waals surface area contributed by atoms with Gasteiger partial charge in [-0.05, 0) is 35.7 Å². The lowest BCUT2D eigenvalue weighted by Crippen LogP contribution is -2.38. The van der Waals surface area contributed by atoms with E-state index in [0.29, 0.717) is 18.5 Å². The number of aliphatic hydroxyl groups is 1. The molecule has 0 spiro atoms. The number of benzene rings is 2. The van der Waals surface area contributed by atoms with Crippen LogP contribution in [0.5, 0.6) is 5.75 Å². The normalized spacial score (nSPS) is 11.6. The zero-order chi connectivity index (χ0) is 17.4. The van der Waals surface area contributed by atoms with Gasteiger partial charge in [0.2, 0.25) is 0 Å². The number of para-hydroxylation sites is 1. The molecule has 6 heteroatoms. The van der Waals surface area contributed by atoms with Crippen molar-refractivity contribution in [3.8, 4) is 5.75 Å². The van der Waals surface area contributed by atoms with E-state index in [0.717, 1.165) is 11.3 Å². The molecule has 128 valence electrons. The second-order valence-corrected chi connectivity index (χ2v) is 5.27. The predicted octanol–water partition coefficient (Wildman–Crippen LogP) is 2.41. The van der Waals surface area contributed by atoms with Crippen molar-refractivity contribution < 1.29 is 19.0 Å². The number of aliphatic hydroxyl groups excluding tert-OH is 1. The molecule has 2 amide bonds. The average molecular weight is 332 g/mol. The highest BCUT2D eigenvalue weighted by Gasteiger charge is 2.09. The number of ether oxygens (including phenoxy) is 1. The van der Waals surface area contributed by atoms with Crippen LogP contribution in [-0.2, 0) is 6.42 Å². The molecule has 0 saturated heterocycles. The number of rotatable bonds is 7. The Morgan fingerprint density at radius 2 is 1.88 bits per heavy atom. The molecule has 0 aromatic heterocycles. The van der Waals surface area contributed by atoms with Gasteiger partial charge in [-0.15, -0.1) is 0 Å². The number of halogens is 1. The van der Waals surface area contributed by atoms with Crippen molar-refractivity contribution in [1.29, 1.82) is 0 Å². The van der Waals surface area contributed by atoms with Crippen LogP contribution in [0.4, 0.5) is 9.18 Å². The molecule has 2 aromatic rings. The molecule has 0 radical (unpaired) electrons. The van der Waals surface area contributed by atoms with Crippen LogP contribution in [0, 0.1) is 5.82 Å². The van der Waals surface area contributed by atoms with Gasteiger partial charge in [0.1, 0.15) is 11.6 Å². The van der Waals surface area contributed by atoms with E-state index >= 15 is 0 Å². The zero-order valence-electron chi connectivity index (χ0n) is 13.5. The Kier molecular flexibility index (Phi) is 6.57. The van der Waals surface area contributed by atoms with Gasteiger partial charge in [-0.3, -0.25) is 0 Å². The van der Waals surface area contributed by atoms with E-state index in [1.54, 1.807) is 7.11 Å². The molecule has 0 heterocycles. The van der Waals surface area contributed by atoms with Crippen molar-refractivity contribution >= 4 is 6.03 Å². The second kappa shape index (κ2) is 8.88. The molecule has 1 atom stereocenters. The largest absolute Gasteiger partial charge is 0.496 e. The standard InChI is InChI=1S/C18H21FN2O3/c1-24-17-5-3-2-4-14(17)10-11-20-18(23)21-12-16(22)13-6-8-15(19)9-7-13/h2-9,16,22H,10-12H2,1H3,(H2,20,21,23). The highest BCUT2D eigenvalue weighted by atomic mass is 19.1. The smallest absolute Gasteiger partial charge is 0.314 e. The molecule has 5 nitrogen and oxygen atoms in total. The Hall–Kier alpha value is -2.60. The highest BCUT2D eigenvalue weighted by Crippen LogP contribution is 2.17. The summed E-state index contributed by atoms with van der Waals surface area (Å²) in [7, 11) is 1.61. The molecule has 0 aliphatic carbocycles. The van der Waals surface area contributed by atoms with Crippen molar-refractivity contribution in [3.63, 3.8) is 0 Å². The molecule has 0 fully saturated rings. The van der Waals surface area contributed by atoms with Crippen LogP contribution in [0.25, 0.3) is 0 Å². The van der Waals surface area contributed by atoms with E-state index in [2.05, 4.69) is 10.6 Å². The quantitative estimate of drug-likeness (QED) is 0.729. The van der Waals surface area contributed by atoms with Gasteiger partial charge in [0, 0.05) is 13.1 Å². The molecule has 0 aliphatic heterocycles. The summed E-state index contributed by atoms with van der Waals surface area (Å²) in [4.78, 5) is 11.8. The Labute approximate surface area is 140 Å². The monoisotopic (exact) mass is 332 g/mol. The van der Waals surface area contributed by atoms with Crippen molar-refractivity contribution in [2.75, 3.05) is 20.2 Å². The van der Waals surface area contributed by atoms with Crippen LogP contribution in [0.3, 0.4) is 0 Å². The lowest BCUT2D eigenvalue weighted by molar-refractivity contribution is 0.173. The fourth-order valence-electron chi connectivity index (χ4n) is 2.27. The first-order chi connectivity index (χ1) is 11.6. The Morgan fingerprint density at radius 3 is 2.58 bits per heavy atom. The van der Waals surface area contributed by atoms with Gasteiger partial charge < -0.3 is 20.5 Å². The van der Waals surface area contributed by atoms with Gasteiger partial charge >= 0.3 is 6.03 Å². The first-order valence-electron chi connectivity index (χ1n) is 7.67. The molecule has 0 aliphatic rings. The maximum atomic E-state index is 12.8. The van der Waals surface area contributed by atoms with Gasteiger partial charge in [-0.2, -0.15) is 0 Å². The van der Waals surface area contributed by atoms with E-state index < -0.39 is 6.10 Å². The summed E-state index contributed by atoms with van der Waals surface area (Å²) in [5.74, 6) is 0.416. The molecule has 0 saturated carbocycles. The van der Waals surface area contributed by atoms with Crippen molar-refractivity contribution in [2.24, 2.45) is 0 Å². The minimum absolute atomic E-state index is 0.0477. The molecule has 2 aromatic carbocycles. The first-order valence-corrected chi connectivity index (χ1v) is 7.67. The number of methoxy groups -OCH3 is 1. The zero-order valence-corrected chi connectivity index (χ0v) is 13.5. The van der Waals surface area contributed by atoms with E-state index in [-0.39, 0.29) is 18.4 Å². The van der Waals surface area contributed by atoms with E-state index in [4.69, 9.17) is 4.74 Å². The number of carbonyl (C=O) groups is 1. The van der Waals surface area contributed by atoms with E-state index in [1.807, 2.05) is 24.3 Å². The molecule has 0 bridgehead atoms. The Morgan fingerprint density at radius 1 is 1.17 bits per heavy atom. The van der Waals surface area contributed by atoms with E-state index in [1.165, 1.54) is 24.3 Å². The minimum Gasteiger partial charge on any atom is -0.496 e. The second-order valence-electron chi connectivity index (χ2n) is 5.27. The number of nitrogens with one attached hydrogen (secondary N) is 2. The Bertz CT molecular complexity index is 662. The summed E-state index contributed by atoms with van der Waals surface area (Å²) in [6.07, 6.45) is -0.247. The van der Waals surface area contributed by atoms with E-state index in [9.17, 15) is 14.3 Å². The van der Waals surface area contributed by atoms with Crippen LogP contribution < -0.4 is 15.4 Å². The maximum absolute atomic E-state index is 12.8. The highest BCUT2D eigenvalue weighted by molar-refractivity contribution is 5.73. The molecular weight excluding hydrogens is 311 g/mol. The van der Waals surface area contributed by atoms with Crippen molar-refractivity contribution in [2.45, 2.75) is 12.5 Å². The molecule has 24 heavy (non-hydrogen) atoms. The van der Waals surface area contributed by atoms with Crippen LogP contribution in [0.2, 0.25) is 0 Å². The van der Waals surface area contributed by atoms with Gasteiger partial charge in [-0.1, -0.05) is 30.3 Å². The SMILES string of the molecule is COc1ccccc1CCNC(=O)NCC(O)c1ccc(F)cc1. The van der Waals surface area contributed by atoms with Gasteiger partial charge in [-0.25, -0.2) is 9.18 Å². The van der Waals surface area contributed by atoms with Crippen LogP contribution in [0.15, 0.2) is 48.5 Å². The van der Waals surface area contributed by atoms with Crippen LogP contribution in [0.1, 0.15) is 17.2 Å². The topological polar surface area (TPSA) is 70.6 Å². The average Bonchev–Trinajstić information content (AvgIpc) is 2.60. The third-order valence-electron chi connectivity index (χ3n) is 3.58. The summed E-state index contributed by atoms with van der Waals surface area (Å²) in [5.41, 5.74) is 1.55. The third kappa shape index (κ3) is 5.24. The number of hydrogen-bond donors (Lipinski definition) is 3. The van der Waals surface area contributed by atoms with Gasteiger partial charge in [0.25, 0.3) is 0 Å². The van der Waals surface area contributed by atoms with Crippen LogP contribution in [-0.4, -0.2) is 31.3 Å². The predicted molar refractivity (Wildman–Crippen MR) is 89.5 cm³/mol. The summed E-state index contributed by atoms with van der Waals surface area (Å²) in [6.45, 7) is 0.491. The number of urea groups is 1. The van der Waals surface area contributed by atoms with Crippen molar-refractivity contribution in [3.05, 3.63) is 65.5 Å². The number of carbonyl (C=O) groups excluding carboxylic acids is 1. The number of hydrogen-bond acceptors (Lipinski definition) is 3. The minimum atomic E-state index is -0.884. The molecule has 2 rings (SSSR count). The first kappa shape index (κ1) is 17.7. The lowest BCUT2D eigenvalue weighted by atomic mass is 10.1. The Balaban J connectivity index is 1.72. The fraction of sp³-hybridized carbons (Fsp3) is 0.278. The lowest BCUT2D eigenvalue weighted by Gasteiger charge is -2.13. The fourth-order valence-corrected chi connectivity index (χ4v) is 2.27. The summed E-state index contributed by atoms with van der Waals surface area (Å²) >= 11 is 0. The maximum Gasteiger partial charge on any atom is 0.314 e. The third-order valence-corrected chi connectivity index (χ3v) is 3.58. The molecular formula is C18H21FN2O3. The molecule has 3 N–H and O–H groups in total. The van der Waals surface area contributed by atoms with Gasteiger partial charge in [0.15, 0.2) is 0 Å². The van der Waals surface area contributed by atoms with Gasteiger partial charge in [0.05, 0.1) is 13.2 Å². The van der Waals surface area contributed by atoms with Crippen LogP contribution >= 0.6 is 0 Å². The summed E-state index contributed by atoms with van der Waals surface area (Å²) < 4.78 is 18.1. The van der Waals surface area contributed by atoms with Crippen molar-refractivity contribution in [1.82, 2.24) is 10.6 Å². The summed E-state index contributed by atoms with van der Waals surface area (Å²) in [5, 5.41) is 15.3. The number of amides is 2. The molecule has 1 unspecified atom stereocenters.